The van der Waals surface area contributed by atoms with Gasteiger partial charge < -0.3 is 15.3 Å². The van der Waals surface area contributed by atoms with Gasteiger partial charge in [0.15, 0.2) is 5.96 Å². The van der Waals surface area contributed by atoms with Crippen LogP contribution < -0.4 is 5.32 Å². The van der Waals surface area contributed by atoms with Crippen molar-refractivity contribution < 1.29 is 5.11 Å². The summed E-state index contributed by atoms with van der Waals surface area (Å²) in [5, 5.41) is 21.3. The van der Waals surface area contributed by atoms with Crippen molar-refractivity contribution in [3.63, 3.8) is 0 Å². The topological polar surface area (TPSA) is 89.4 Å². The van der Waals surface area contributed by atoms with E-state index >= 15 is 0 Å². The third-order valence-corrected chi connectivity index (χ3v) is 4.87. The highest BCUT2D eigenvalue weighted by Crippen LogP contribution is 2.25. The van der Waals surface area contributed by atoms with E-state index in [1.54, 1.807) is 18.5 Å². The van der Waals surface area contributed by atoms with Gasteiger partial charge in [-0.25, -0.2) is 4.98 Å². The van der Waals surface area contributed by atoms with Crippen LogP contribution in [0.25, 0.3) is 0 Å². The predicted octanol–water partition coefficient (Wildman–Crippen LogP) is 2.95. The second-order valence-electron chi connectivity index (χ2n) is 6.39. The Morgan fingerprint density at radius 3 is 2.67 bits per heavy atom. The minimum absolute atomic E-state index is 0. The lowest BCUT2D eigenvalue weighted by molar-refractivity contribution is 0.186. The third-order valence-electron chi connectivity index (χ3n) is 4.62. The van der Waals surface area contributed by atoms with Crippen molar-refractivity contribution in [1.29, 1.82) is 0 Å². The molecule has 1 fully saturated rings. The van der Waals surface area contributed by atoms with Crippen molar-refractivity contribution in [2.24, 2.45) is 4.99 Å². The van der Waals surface area contributed by atoms with Gasteiger partial charge in [-0.1, -0.05) is 23.7 Å². The number of aliphatic imine (C=N–C) groups is 1. The first-order chi connectivity index (χ1) is 12.7. The van der Waals surface area contributed by atoms with Crippen molar-refractivity contribution in [3.8, 4) is 0 Å². The highest BCUT2D eigenvalue weighted by molar-refractivity contribution is 14.0. The maximum Gasteiger partial charge on any atom is 0.194 e. The minimum Gasteiger partial charge on any atom is -0.386 e. The maximum atomic E-state index is 10.4. The van der Waals surface area contributed by atoms with Crippen LogP contribution in [0.1, 0.15) is 43.2 Å². The summed E-state index contributed by atoms with van der Waals surface area (Å²) in [6, 6.07) is 7.23. The molecule has 3 N–H and O–H groups in total. The number of hydrogen-bond donors (Lipinski definition) is 3. The summed E-state index contributed by atoms with van der Waals surface area (Å²) in [6.45, 7) is 4.94. The number of aromatic amines is 1. The smallest absolute Gasteiger partial charge is 0.194 e. The number of hydrogen-bond acceptors (Lipinski definition) is 4. The molecule has 3 rings (SSSR count). The van der Waals surface area contributed by atoms with Gasteiger partial charge in [0.05, 0.1) is 12.6 Å². The van der Waals surface area contributed by atoms with Crippen LogP contribution in [0, 0.1) is 0 Å². The predicted molar refractivity (Wildman–Crippen MR) is 118 cm³/mol. The van der Waals surface area contributed by atoms with E-state index in [-0.39, 0.29) is 24.0 Å². The van der Waals surface area contributed by atoms with Gasteiger partial charge >= 0.3 is 0 Å². The van der Waals surface area contributed by atoms with Gasteiger partial charge in [0, 0.05) is 30.6 Å². The molecule has 1 aromatic carbocycles. The molecule has 1 aliphatic heterocycles. The molecular formula is C18H26ClIN6O. The Morgan fingerprint density at radius 1 is 1.37 bits per heavy atom. The van der Waals surface area contributed by atoms with Crippen LogP contribution in [-0.4, -0.2) is 57.3 Å². The van der Waals surface area contributed by atoms with Crippen molar-refractivity contribution in [1.82, 2.24) is 25.4 Å². The molecule has 1 unspecified atom stereocenters. The highest BCUT2D eigenvalue weighted by atomic mass is 127. The quantitative estimate of drug-likeness (QED) is 0.331. The Kier molecular flexibility index (Phi) is 8.78. The second-order valence-corrected chi connectivity index (χ2v) is 6.83. The number of likely N-dealkylation sites (tertiary alicyclic amines) is 1. The number of benzene rings is 1. The zero-order chi connectivity index (χ0) is 18.4. The zero-order valence-corrected chi connectivity index (χ0v) is 18.4. The first-order valence-electron chi connectivity index (χ1n) is 8.99. The number of nitrogens with zero attached hydrogens (tertiary/aromatic N) is 4. The van der Waals surface area contributed by atoms with E-state index in [1.807, 2.05) is 19.1 Å². The molecule has 2 heterocycles. The number of nitrogens with one attached hydrogen (secondary N) is 2. The molecule has 0 radical (unpaired) electrons. The Morgan fingerprint density at radius 2 is 2.07 bits per heavy atom. The van der Waals surface area contributed by atoms with Gasteiger partial charge in [0.1, 0.15) is 12.2 Å². The number of aliphatic hydroxyl groups excluding tert-OH is 1. The van der Waals surface area contributed by atoms with E-state index in [4.69, 9.17) is 11.6 Å². The van der Waals surface area contributed by atoms with E-state index in [2.05, 4.69) is 30.4 Å². The summed E-state index contributed by atoms with van der Waals surface area (Å²) in [5.41, 5.74) is 0.818. The third kappa shape index (κ3) is 6.05. The van der Waals surface area contributed by atoms with Crippen LogP contribution in [0.3, 0.4) is 0 Å². The molecule has 9 heteroatoms. The number of rotatable bonds is 5. The van der Waals surface area contributed by atoms with E-state index in [1.165, 1.54) is 0 Å². The second kappa shape index (κ2) is 10.8. The van der Waals surface area contributed by atoms with Gasteiger partial charge in [-0.3, -0.25) is 10.1 Å². The van der Waals surface area contributed by atoms with E-state index in [0.717, 1.165) is 49.8 Å². The molecule has 7 nitrogen and oxygen atoms in total. The summed E-state index contributed by atoms with van der Waals surface area (Å²) in [4.78, 5) is 11.1. The number of aliphatic hydroxyl groups is 1. The van der Waals surface area contributed by atoms with Crippen molar-refractivity contribution >= 4 is 41.5 Å². The van der Waals surface area contributed by atoms with Gasteiger partial charge in [0.2, 0.25) is 0 Å². The standard InChI is InChI=1S/C18H25ClN6O.HI/c1-2-20-18(21-11-16(26)13-3-5-15(19)6-4-13)25-9-7-14(8-10-25)17-22-12-23-24-17;/h3-6,12,14,16,26H,2,7-11H2,1H3,(H,20,21)(H,22,23,24);1H. The molecule has 0 spiro atoms. The van der Waals surface area contributed by atoms with Crippen molar-refractivity contribution in [3.05, 3.63) is 47.0 Å². The fraction of sp³-hybridized carbons (Fsp3) is 0.500. The molecule has 2 aromatic rings. The molecule has 0 bridgehead atoms. The van der Waals surface area contributed by atoms with Crippen molar-refractivity contribution in [2.75, 3.05) is 26.2 Å². The summed E-state index contributed by atoms with van der Waals surface area (Å²) >= 11 is 5.90. The molecular weight excluding hydrogens is 479 g/mol. The molecule has 0 saturated carbocycles. The summed E-state index contributed by atoms with van der Waals surface area (Å²) in [7, 11) is 0. The van der Waals surface area contributed by atoms with Gasteiger partial charge in [-0.2, -0.15) is 5.10 Å². The number of halogens is 2. The van der Waals surface area contributed by atoms with E-state index in [0.29, 0.717) is 17.5 Å². The Bertz CT molecular complexity index is 701. The van der Waals surface area contributed by atoms with E-state index < -0.39 is 6.10 Å². The normalized spacial score (nSPS) is 16.7. The van der Waals surface area contributed by atoms with Crippen LogP contribution >= 0.6 is 35.6 Å². The molecule has 1 saturated heterocycles. The minimum atomic E-state index is -0.646. The summed E-state index contributed by atoms with van der Waals surface area (Å²) < 4.78 is 0. The Labute approximate surface area is 181 Å². The summed E-state index contributed by atoms with van der Waals surface area (Å²) in [5.74, 6) is 2.22. The lowest BCUT2D eigenvalue weighted by Gasteiger charge is -2.33. The van der Waals surface area contributed by atoms with Gasteiger partial charge in [0.25, 0.3) is 0 Å². The van der Waals surface area contributed by atoms with Crippen LogP contribution in [0.4, 0.5) is 0 Å². The largest absolute Gasteiger partial charge is 0.386 e. The molecule has 1 atom stereocenters. The SMILES string of the molecule is CCNC(=NCC(O)c1ccc(Cl)cc1)N1CCC(c2ncn[nH]2)CC1.I. The number of aromatic nitrogens is 3. The number of guanidine groups is 1. The zero-order valence-electron chi connectivity index (χ0n) is 15.3. The van der Waals surface area contributed by atoms with Crippen LogP contribution in [0.5, 0.6) is 0 Å². The van der Waals surface area contributed by atoms with Gasteiger partial charge in [-0.15, -0.1) is 24.0 Å². The maximum absolute atomic E-state index is 10.4. The van der Waals surface area contributed by atoms with Crippen molar-refractivity contribution in [2.45, 2.75) is 31.8 Å². The highest BCUT2D eigenvalue weighted by Gasteiger charge is 2.24. The molecule has 0 amide bonds. The lowest BCUT2D eigenvalue weighted by atomic mass is 9.96. The monoisotopic (exact) mass is 504 g/mol. The Balaban J connectivity index is 0.00000261. The molecule has 1 aliphatic rings. The average molecular weight is 505 g/mol. The number of H-pyrrole nitrogens is 1. The average Bonchev–Trinajstić information content (AvgIpc) is 3.20. The molecule has 27 heavy (non-hydrogen) atoms. The Hall–Kier alpha value is -1.39. The van der Waals surface area contributed by atoms with Crippen LogP contribution in [-0.2, 0) is 0 Å². The van der Waals surface area contributed by atoms with E-state index in [9.17, 15) is 5.11 Å². The van der Waals surface area contributed by atoms with Crippen LogP contribution in [0.15, 0.2) is 35.6 Å². The molecule has 0 aliphatic carbocycles. The first-order valence-corrected chi connectivity index (χ1v) is 9.37. The fourth-order valence-corrected chi connectivity index (χ4v) is 3.29. The lowest BCUT2D eigenvalue weighted by Crippen LogP contribution is -2.45. The number of piperidine rings is 1. The van der Waals surface area contributed by atoms with Gasteiger partial charge in [-0.05, 0) is 37.5 Å². The first kappa shape index (κ1) is 21.9. The molecule has 148 valence electrons. The fourth-order valence-electron chi connectivity index (χ4n) is 3.17. The molecule has 1 aromatic heterocycles. The summed E-state index contributed by atoms with van der Waals surface area (Å²) in [6.07, 6.45) is 2.91. The van der Waals surface area contributed by atoms with Crippen LogP contribution in [0.2, 0.25) is 5.02 Å².